The van der Waals surface area contributed by atoms with Crippen molar-refractivity contribution in [2.24, 2.45) is 0 Å². The summed E-state index contributed by atoms with van der Waals surface area (Å²) in [6.07, 6.45) is 0. The van der Waals surface area contributed by atoms with Gasteiger partial charge in [-0.25, -0.2) is 44.9 Å². The number of rotatable bonds is 9. The molecule has 0 unspecified atom stereocenters. The Hall–Kier alpha value is -17.0. The Morgan fingerprint density at radius 3 is 0.867 bits per heavy atom. The maximum Gasteiger partial charge on any atom is 0.164 e. The average molecular weight is 1730 g/mol. The van der Waals surface area contributed by atoms with Crippen molar-refractivity contribution in [2.45, 2.75) is 57.8 Å². The molecule has 24 aromatic rings. The van der Waals surface area contributed by atoms with E-state index in [-0.39, 0.29) is 16.2 Å². The second-order valence-electron chi connectivity index (χ2n) is 37.4. The van der Waals surface area contributed by atoms with Gasteiger partial charge in [-0.2, -0.15) is 0 Å². The maximum absolute atomic E-state index is 5.21. The van der Waals surface area contributed by atoms with Crippen LogP contribution in [-0.4, -0.2) is 44.9 Å². The molecule has 0 aliphatic heterocycles. The molecule has 0 radical (unpaired) electrons. The number of hydrogen-bond acceptors (Lipinski definition) is 9. The van der Waals surface area contributed by atoms with Crippen LogP contribution in [0.4, 0.5) is 0 Å². The number of fused-ring (bicyclic) bond motifs is 24. The number of aromatic nitrogens is 9. The molecule has 636 valence electrons. The molecule has 0 fully saturated rings. The Morgan fingerprint density at radius 2 is 0.400 bits per heavy atom. The summed E-state index contributed by atoms with van der Waals surface area (Å²) in [5, 5.41) is 21.6. The third kappa shape index (κ3) is 13.4. The summed E-state index contributed by atoms with van der Waals surface area (Å²) in [6.45, 7) is 14.0. The van der Waals surface area contributed by atoms with Crippen LogP contribution in [-0.2, 0) is 16.2 Å². The second kappa shape index (κ2) is 31.7. The molecular formula is C126H87N9. The van der Waals surface area contributed by atoms with E-state index in [0.717, 1.165) is 77.0 Å². The molecule has 3 heterocycles. The minimum Gasteiger partial charge on any atom is -0.208 e. The van der Waals surface area contributed by atoms with Crippen LogP contribution >= 0.6 is 0 Å². The summed E-state index contributed by atoms with van der Waals surface area (Å²) in [5.41, 5.74) is 24.7. The van der Waals surface area contributed by atoms with E-state index in [9.17, 15) is 0 Å². The van der Waals surface area contributed by atoms with E-state index in [1.165, 1.54) is 137 Å². The molecule has 0 atom stereocenters. The lowest BCUT2D eigenvalue weighted by Crippen LogP contribution is -2.15. The van der Waals surface area contributed by atoms with Crippen molar-refractivity contribution in [3.05, 3.63) is 452 Å². The Balaban J connectivity index is 0.000000108. The van der Waals surface area contributed by atoms with E-state index in [4.69, 9.17) is 44.9 Å². The third-order valence-corrected chi connectivity index (χ3v) is 28.4. The molecule has 0 amide bonds. The molecule has 3 aromatic heterocycles. The average Bonchev–Trinajstić information content (AvgIpc) is 1.58. The van der Waals surface area contributed by atoms with Crippen molar-refractivity contribution in [3.8, 4) is 136 Å². The molecular weight excluding hydrogens is 1640 g/mol. The SMILES string of the molecule is CC1(C)c2ccccc2-c2ccc3c(-c4nc(-c5ccccc5)nc(-c5ccc6ccc7ccccc7c6c5)n4)cccc3c21.CC1(C)c2ccccc2-c2ccc3cc(-c4nc(-c5ccccc5)nc(-c5cc6ccccc6c6ccccc56)n4)ccc3c21.CC1(C)c2ccccc2-c2ccc3ccc(-c4nc(-c5ccccc5)nc(-c5cc6ccccc6c6ccccc56)n4)cc3c21. The van der Waals surface area contributed by atoms with Gasteiger partial charge < -0.3 is 0 Å². The first-order chi connectivity index (χ1) is 66.2. The predicted octanol–water partition coefficient (Wildman–Crippen LogP) is 31.9. The summed E-state index contributed by atoms with van der Waals surface area (Å²) in [5.74, 6) is 6.02. The molecule has 0 bridgehead atoms. The highest BCUT2D eigenvalue weighted by molar-refractivity contribution is 6.16. The number of nitrogens with zero attached hydrogens (tertiary/aromatic N) is 9. The van der Waals surface area contributed by atoms with Crippen LogP contribution in [0.3, 0.4) is 0 Å². The van der Waals surface area contributed by atoms with Gasteiger partial charge in [0.15, 0.2) is 52.4 Å². The molecule has 3 aliphatic carbocycles. The van der Waals surface area contributed by atoms with Crippen molar-refractivity contribution in [1.82, 2.24) is 44.9 Å². The van der Waals surface area contributed by atoms with Crippen LogP contribution < -0.4 is 0 Å². The molecule has 9 heteroatoms. The number of hydrogen-bond donors (Lipinski definition) is 0. The second-order valence-corrected chi connectivity index (χ2v) is 37.4. The highest BCUT2D eigenvalue weighted by Gasteiger charge is 2.40. The normalized spacial score (nSPS) is 13.3. The molecule has 27 rings (SSSR count). The summed E-state index contributed by atoms with van der Waals surface area (Å²) >= 11 is 0. The van der Waals surface area contributed by atoms with E-state index in [1.54, 1.807) is 0 Å². The summed E-state index contributed by atoms with van der Waals surface area (Å²) < 4.78 is 0. The van der Waals surface area contributed by atoms with Crippen LogP contribution in [0.25, 0.3) is 233 Å². The van der Waals surface area contributed by atoms with E-state index in [2.05, 4.69) is 406 Å². The fourth-order valence-electron chi connectivity index (χ4n) is 22.0. The molecule has 0 saturated heterocycles. The van der Waals surface area contributed by atoms with Gasteiger partial charge in [0.05, 0.1) is 0 Å². The summed E-state index contributed by atoms with van der Waals surface area (Å²) in [7, 11) is 0. The monoisotopic (exact) mass is 1730 g/mol. The first-order valence-corrected chi connectivity index (χ1v) is 46.4. The fourth-order valence-corrected chi connectivity index (χ4v) is 22.0. The van der Waals surface area contributed by atoms with Crippen LogP contribution in [0.2, 0.25) is 0 Å². The zero-order valence-corrected chi connectivity index (χ0v) is 75.4. The minimum absolute atomic E-state index is 0.0785. The summed E-state index contributed by atoms with van der Waals surface area (Å²) in [4.78, 5) is 46.1. The predicted molar refractivity (Wildman–Crippen MR) is 559 cm³/mol. The van der Waals surface area contributed by atoms with Crippen molar-refractivity contribution in [3.63, 3.8) is 0 Å². The molecule has 21 aromatic carbocycles. The van der Waals surface area contributed by atoms with Gasteiger partial charge in [0, 0.05) is 66.3 Å². The van der Waals surface area contributed by atoms with Crippen LogP contribution in [0.5, 0.6) is 0 Å². The lowest BCUT2D eigenvalue weighted by atomic mass is 9.80. The van der Waals surface area contributed by atoms with Gasteiger partial charge in [-0.3, -0.25) is 0 Å². The van der Waals surface area contributed by atoms with Gasteiger partial charge >= 0.3 is 0 Å². The summed E-state index contributed by atoms with van der Waals surface area (Å²) in [6, 6.07) is 148. The minimum atomic E-state index is -0.118. The molecule has 0 saturated carbocycles. The van der Waals surface area contributed by atoms with E-state index in [1.807, 2.05) is 54.6 Å². The third-order valence-electron chi connectivity index (χ3n) is 28.4. The molecule has 9 nitrogen and oxygen atoms in total. The van der Waals surface area contributed by atoms with Crippen molar-refractivity contribution < 1.29 is 0 Å². The van der Waals surface area contributed by atoms with Gasteiger partial charge in [-0.1, -0.05) is 430 Å². The Labute approximate surface area is 782 Å². The van der Waals surface area contributed by atoms with E-state index >= 15 is 0 Å². The lowest BCUT2D eigenvalue weighted by molar-refractivity contribution is 0.666. The van der Waals surface area contributed by atoms with Gasteiger partial charge in [-0.15, -0.1) is 0 Å². The van der Waals surface area contributed by atoms with Crippen LogP contribution in [0, 0.1) is 0 Å². The maximum atomic E-state index is 5.21. The largest absolute Gasteiger partial charge is 0.208 e. The van der Waals surface area contributed by atoms with Gasteiger partial charge in [-0.05, 0) is 194 Å². The van der Waals surface area contributed by atoms with Crippen LogP contribution in [0.1, 0.15) is 74.9 Å². The zero-order valence-electron chi connectivity index (χ0n) is 75.4. The lowest BCUT2D eigenvalue weighted by Gasteiger charge is -2.23. The molecule has 0 spiro atoms. The van der Waals surface area contributed by atoms with Crippen molar-refractivity contribution >= 4 is 97.0 Å². The van der Waals surface area contributed by atoms with Crippen molar-refractivity contribution in [1.29, 1.82) is 0 Å². The van der Waals surface area contributed by atoms with Gasteiger partial charge in [0.2, 0.25) is 0 Å². The van der Waals surface area contributed by atoms with E-state index in [0.29, 0.717) is 52.4 Å². The van der Waals surface area contributed by atoms with E-state index < -0.39 is 0 Å². The van der Waals surface area contributed by atoms with Gasteiger partial charge in [0.25, 0.3) is 0 Å². The molecule has 0 N–H and O–H groups in total. The quantitative estimate of drug-likeness (QED) is 0.130. The standard InChI is InChI=1S/3C42H29N3/c1-42(2)37-19-11-10-18-34(37)35-23-20-28-24-29(21-22-31(28)38(35)42)40-43-39(26-12-4-3-5-13-26)44-41(45-40)36-25-27-14-6-7-15-30(27)32-16-8-9-17-33(32)36;1-42(2)37-19-11-10-18-33(37)34-23-22-26-20-21-29(25-35(26)38(34)42)40-43-39(27-12-4-3-5-13-27)44-41(45-40)36-24-28-14-6-7-15-30(28)31-16-8-9-17-32(31)36;1-42(2)37-18-9-8-15-32(37)34-24-23-31-33(38(34)42)16-10-17-35(31)41-44-39(28-12-4-3-5-13-28)43-40(45-41)29-22-21-27-20-19-26-11-6-7-14-30(26)36(27)25-29/h3*3-25H,1-2H3. The molecule has 135 heavy (non-hydrogen) atoms. The first-order valence-electron chi connectivity index (χ1n) is 46.4. The Kier molecular flexibility index (Phi) is 18.8. The fraction of sp³-hybridized carbons (Fsp3) is 0.0714. The Morgan fingerprint density at radius 1 is 0.133 bits per heavy atom. The first kappa shape index (κ1) is 80.1. The van der Waals surface area contributed by atoms with Crippen LogP contribution in [0.15, 0.2) is 419 Å². The topological polar surface area (TPSA) is 116 Å². The smallest absolute Gasteiger partial charge is 0.164 e. The highest BCUT2D eigenvalue weighted by atomic mass is 15.1. The molecule has 3 aliphatic rings. The van der Waals surface area contributed by atoms with Crippen molar-refractivity contribution in [2.75, 3.05) is 0 Å². The zero-order chi connectivity index (χ0) is 90.4. The number of benzene rings is 21. The Bertz CT molecular complexity index is 9030. The van der Waals surface area contributed by atoms with Gasteiger partial charge in [0.1, 0.15) is 0 Å². The highest BCUT2D eigenvalue weighted by Crippen LogP contribution is 2.56.